The summed E-state index contributed by atoms with van der Waals surface area (Å²) in [7, 11) is 0. The minimum absolute atomic E-state index is 0.0327. The SMILES string of the molecule is CC(C)C(CCO)NC(=O)c1cccc(Oc2ccc(C#N)cc2)c1. The summed E-state index contributed by atoms with van der Waals surface area (Å²) in [6.45, 7) is 4.04. The van der Waals surface area contributed by atoms with Gasteiger partial charge in [0, 0.05) is 18.2 Å². The highest BCUT2D eigenvalue weighted by Gasteiger charge is 2.17. The van der Waals surface area contributed by atoms with Crippen LogP contribution in [0, 0.1) is 17.2 Å². The van der Waals surface area contributed by atoms with Crippen molar-refractivity contribution in [1.29, 1.82) is 5.26 Å². The number of aliphatic hydroxyl groups excluding tert-OH is 1. The number of ether oxygens (including phenoxy) is 1. The minimum atomic E-state index is -0.197. The Morgan fingerprint density at radius 3 is 2.52 bits per heavy atom. The summed E-state index contributed by atoms with van der Waals surface area (Å²) in [5.74, 6) is 1.17. The van der Waals surface area contributed by atoms with Crippen molar-refractivity contribution in [2.45, 2.75) is 26.3 Å². The lowest BCUT2D eigenvalue weighted by molar-refractivity contribution is 0.0916. The first-order chi connectivity index (χ1) is 12.0. The lowest BCUT2D eigenvalue weighted by Crippen LogP contribution is -2.39. The molecular weight excluding hydrogens is 316 g/mol. The van der Waals surface area contributed by atoms with Crippen LogP contribution in [0.2, 0.25) is 0 Å². The maximum absolute atomic E-state index is 12.4. The van der Waals surface area contributed by atoms with Crippen molar-refractivity contribution >= 4 is 5.91 Å². The molecule has 0 spiro atoms. The van der Waals surface area contributed by atoms with E-state index in [1.807, 2.05) is 13.8 Å². The molecule has 0 aliphatic heterocycles. The summed E-state index contributed by atoms with van der Waals surface area (Å²) in [5.41, 5.74) is 1.05. The van der Waals surface area contributed by atoms with E-state index >= 15 is 0 Å². The predicted octanol–water partition coefficient (Wildman–Crippen LogP) is 3.49. The van der Waals surface area contributed by atoms with Gasteiger partial charge in [-0.05, 0) is 54.8 Å². The van der Waals surface area contributed by atoms with Gasteiger partial charge in [0.1, 0.15) is 11.5 Å². The fraction of sp³-hybridized carbons (Fsp3) is 0.300. The molecule has 2 N–H and O–H groups in total. The van der Waals surface area contributed by atoms with Crippen LogP contribution in [0.15, 0.2) is 48.5 Å². The number of nitriles is 1. The van der Waals surface area contributed by atoms with Crippen molar-refractivity contribution in [2.75, 3.05) is 6.61 Å². The maximum atomic E-state index is 12.4. The fourth-order valence-corrected chi connectivity index (χ4v) is 2.40. The first-order valence-corrected chi connectivity index (χ1v) is 8.23. The zero-order valence-electron chi connectivity index (χ0n) is 14.4. The van der Waals surface area contributed by atoms with Crippen molar-refractivity contribution in [3.63, 3.8) is 0 Å². The summed E-state index contributed by atoms with van der Waals surface area (Å²) in [5, 5.41) is 20.9. The van der Waals surface area contributed by atoms with Crippen molar-refractivity contribution in [2.24, 2.45) is 5.92 Å². The minimum Gasteiger partial charge on any atom is -0.457 e. The molecule has 2 aromatic carbocycles. The van der Waals surface area contributed by atoms with Crippen LogP contribution in [0.1, 0.15) is 36.2 Å². The average molecular weight is 338 g/mol. The number of aliphatic hydroxyl groups is 1. The summed E-state index contributed by atoms with van der Waals surface area (Å²) in [6.07, 6.45) is 0.519. The molecule has 0 aromatic heterocycles. The van der Waals surface area contributed by atoms with E-state index in [4.69, 9.17) is 15.1 Å². The second-order valence-corrected chi connectivity index (χ2v) is 6.10. The lowest BCUT2D eigenvalue weighted by Gasteiger charge is -2.21. The molecule has 5 heteroatoms. The van der Waals surface area contributed by atoms with Gasteiger partial charge < -0.3 is 15.2 Å². The first kappa shape index (κ1) is 18.5. The zero-order valence-corrected chi connectivity index (χ0v) is 14.4. The van der Waals surface area contributed by atoms with E-state index in [2.05, 4.69) is 11.4 Å². The van der Waals surface area contributed by atoms with Crippen molar-refractivity contribution in [1.82, 2.24) is 5.32 Å². The molecule has 2 aromatic rings. The molecule has 0 saturated carbocycles. The molecular formula is C20H22N2O3. The van der Waals surface area contributed by atoms with Gasteiger partial charge in [0.15, 0.2) is 0 Å². The Balaban J connectivity index is 2.09. The Kier molecular flexibility index (Phi) is 6.55. The second-order valence-electron chi connectivity index (χ2n) is 6.10. The highest BCUT2D eigenvalue weighted by atomic mass is 16.5. The molecule has 1 amide bonds. The van der Waals surface area contributed by atoms with E-state index in [-0.39, 0.29) is 24.5 Å². The van der Waals surface area contributed by atoms with Crippen LogP contribution in [0.25, 0.3) is 0 Å². The van der Waals surface area contributed by atoms with Crippen LogP contribution >= 0.6 is 0 Å². The van der Waals surface area contributed by atoms with Gasteiger partial charge in [-0.1, -0.05) is 19.9 Å². The number of carbonyl (C=O) groups excluding carboxylic acids is 1. The normalized spacial score (nSPS) is 11.6. The van der Waals surface area contributed by atoms with Gasteiger partial charge in [0.25, 0.3) is 5.91 Å². The largest absolute Gasteiger partial charge is 0.457 e. The number of hydrogen-bond donors (Lipinski definition) is 2. The van der Waals surface area contributed by atoms with Gasteiger partial charge in [-0.2, -0.15) is 5.26 Å². The number of nitrogens with zero attached hydrogens (tertiary/aromatic N) is 1. The summed E-state index contributed by atoms with van der Waals surface area (Å²) in [4.78, 5) is 12.4. The van der Waals surface area contributed by atoms with Gasteiger partial charge in [-0.15, -0.1) is 0 Å². The van der Waals surface area contributed by atoms with E-state index in [1.54, 1.807) is 48.5 Å². The predicted molar refractivity (Wildman–Crippen MR) is 95.5 cm³/mol. The van der Waals surface area contributed by atoms with Crippen molar-refractivity contribution < 1.29 is 14.6 Å². The van der Waals surface area contributed by atoms with Crippen LogP contribution in [-0.2, 0) is 0 Å². The average Bonchev–Trinajstić information content (AvgIpc) is 2.62. The third-order valence-corrected chi connectivity index (χ3v) is 3.88. The number of rotatable bonds is 7. The van der Waals surface area contributed by atoms with E-state index in [1.165, 1.54) is 0 Å². The molecule has 0 radical (unpaired) electrons. The summed E-state index contributed by atoms with van der Waals surface area (Å²) >= 11 is 0. The van der Waals surface area contributed by atoms with Crippen LogP contribution < -0.4 is 10.1 Å². The smallest absolute Gasteiger partial charge is 0.251 e. The Morgan fingerprint density at radius 1 is 1.20 bits per heavy atom. The Morgan fingerprint density at radius 2 is 1.92 bits per heavy atom. The molecule has 25 heavy (non-hydrogen) atoms. The molecule has 0 saturated heterocycles. The van der Waals surface area contributed by atoms with Crippen LogP contribution in [0.5, 0.6) is 11.5 Å². The molecule has 0 fully saturated rings. The number of nitrogens with one attached hydrogen (secondary N) is 1. The standard InChI is InChI=1S/C20H22N2O3/c1-14(2)19(10-11-23)22-20(24)16-4-3-5-18(12-16)25-17-8-6-15(13-21)7-9-17/h3-9,12,14,19,23H,10-11H2,1-2H3,(H,22,24). The third-order valence-electron chi connectivity index (χ3n) is 3.88. The van der Waals surface area contributed by atoms with E-state index in [0.29, 0.717) is 29.0 Å². The molecule has 1 atom stereocenters. The van der Waals surface area contributed by atoms with E-state index in [0.717, 1.165) is 0 Å². The number of benzene rings is 2. The molecule has 0 aliphatic rings. The van der Waals surface area contributed by atoms with E-state index in [9.17, 15) is 4.79 Å². The molecule has 130 valence electrons. The maximum Gasteiger partial charge on any atom is 0.251 e. The first-order valence-electron chi connectivity index (χ1n) is 8.23. The fourth-order valence-electron chi connectivity index (χ4n) is 2.40. The van der Waals surface area contributed by atoms with Gasteiger partial charge in [0.2, 0.25) is 0 Å². The molecule has 2 rings (SSSR count). The third kappa shape index (κ3) is 5.33. The van der Waals surface area contributed by atoms with Gasteiger partial charge in [-0.3, -0.25) is 4.79 Å². The van der Waals surface area contributed by atoms with Crippen LogP contribution in [0.3, 0.4) is 0 Å². The Hall–Kier alpha value is -2.84. The van der Waals surface area contributed by atoms with E-state index < -0.39 is 0 Å². The number of amides is 1. The van der Waals surface area contributed by atoms with Crippen molar-refractivity contribution in [3.05, 3.63) is 59.7 Å². The molecule has 0 bridgehead atoms. The molecule has 0 heterocycles. The monoisotopic (exact) mass is 338 g/mol. The Labute approximate surface area is 147 Å². The lowest BCUT2D eigenvalue weighted by atomic mass is 10.0. The van der Waals surface area contributed by atoms with Crippen LogP contribution in [-0.4, -0.2) is 23.7 Å². The second kappa shape index (κ2) is 8.86. The summed E-state index contributed by atoms with van der Waals surface area (Å²) < 4.78 is 5.74. The van der Waals surface area contributed by atoms with Crippen LogP contribution in [0.4, 0.5) is 0 Å². The molecule has 1 unspecified atom stereocenters. The molecule has 0 aliphatic carbocycles. The Bertz CT molecular complexity index is 748. The highest BCUT2D eigenvalue weighted by molar-refractivity contribution is 5.94. The topological polar surface area (TPSA) is 82.3 Å². The molecule has 5 nitrogen and oxygen atoms in total. The summed E-state index contributed by atoms with van der Waals surface area (Å²) in [6, 6.07) is 15.6. The van der Waals surface area contributed by atoms with Gasteiger partial charge in [-0.25, -0.2) is 0 Å². The highest BCUT2D eigenvalue weighted by Crippen LogP contribution is 2.22. The van der Waals surface area contributed by atoms with Crippen molar-refractivity contribution in [3.8, 4) is 17.6 Å². The number of hydrogen-bond acceptors (Lipinski definition) is 4. The quantitative estimate of drug-likeness (QED) is 0.809. The number of carbonyl (C=O) groups is 1. The van der Waals surface area contributed by atoms with Gasteiger partial charge in [0.05, 0.1) is 11.6 Å². The van der Waals surface area contributed by atoms with Gasteiger partial charge >= 0.3 is 0 Å². The zero-order chi connectivity index (χ0) is 18.2.